The van der Waals surface area contributed by atoms with Crippen molar-refractivity contribution in [2.75, 3.05) is 6.61 Å². The second-order valence-corrected chi connectivity index (χ2v) is 7.40. The summed E-state index contributed by atoms with van der Waals surface area (Å²) in [6.07, 6.45) is 3.12. The van der Waals surface area contributed by atoms with Crippen LogP contribution in [0.25, 0.3) is 16.8 Å². The fourth-order valence-corrected chi connectivity index (χ4v) is 3.76. The van der Waals surface area contributed by atoms with E-state index in [0.717, 1.165) is 11.1 Å². The number of fused-ring (bicyclic) bond motifs is 2. The van der Waals surface area contributed by atoms with Gasteiger partial charge in [0.05, 0.1) is 18.8 Å². The van der Waals surface area contributed by atoms with Crippen LogP contribution in [0.4, 0.5) is 0 Å². The summed E-state index contributed by atoms with van der Waals surface area (Å²) in [7, 11) is 0. The van der Waals surface area contributed by atoms with Gasteiger partial charge in [-0.2, -0.15) is 5.10 Å². The zero-order valence-corrected chi connectivity index (χ0v) is 16.5. The maximum atomic E-state index is 13.2. The SMILES string of the molecule is Cc1ccc(-c2nn3ccn(C[C@@H]4COc5ccccc5O4)c(=O)c3c2CO)cc1. The minimum absolute atomic E-state index is 0.227. The van der Waals surface area contributed by atoms with E-state index >= 15 is 0 Å². The smallest absolute Gasteiger partial charge is 0.277 e. The normalized spacial score (nSPS) is 15.5. The first-order valence-corrected chi connectivity index (χ1v) is 9.81. The molecule has 1 aliphatic heterocycles. The molecule has 1 atom stereocenters. The van der Waals surface area contributed by atoms with Gasteiger partial charge in [-0.3, -0.25) is 4.79 Å². The number of benzene rings is 2. The van der Waals surface area contributed by atoms with Crippen LogP contribution in [0.15, 0.2) is 65.7 Å². The average molecular weight is 403 g/mol. The van der Waals surface area contributed by atoms with E-state index in [1.165, 1.54) is 4.52 Å². The van der Waals surface area contributed by atoms with Crippen LogP contribution in [0.2, 0.25) is 0 Å². The fraction of sp³-hybridized carbons (Fsp3) is 0.217. The van der Waals surface area contributed by atoms with E-state index in [-0.39, 0.29) is 18.3 Å². The Bertz CT molecular complexity index is 1270. The molecule has 30 heavy (non-hydrogen) atoms. The number of nitrogens with zero attached hydrogens (tertiary/aromatic N) is 3. The summed E-state index contributed by atoms with van der Waals surface area (Å²) in [6.45, 7) is 2.42. The van der Waals surface area contributed by atoms with E-state index in [1.807, 2.05) is 55.5 Å². The summed E-state index contributed by atoms with van der Waals surface area (Å²) in [6, 6.07) is 15.3. The number of ether oxygens (including phenoxy) is 2. The highest BCUT2D eigenvalue weighted by Gasteiger charge is 2.23. The van der Waals surface area contributed by atoms with Crippen LogP contribution in [-0.4, -0.2) is 32.0 Å². The van der Waals surface area contributed by atoms with Gasteiger partial charge in [0.15, 0.2) is 17.6 Å². The maximum Gasteiger partial charge on any atom is 0.277 e. The van der Waals surface area contributed by atoms with Gasteiger partial charge in [0, 0.05) is 23.5 Å². The topological polar surface area (TPSA) is 78.0 Å². The highest BCUT2D eigenvalue weighted by molar-refractivity contribution is 5.72. The van der Waals surface area contributed by atoms with E-state index in [0.29, 0.717) is 41.4 Å². The number of rotatable bonds is 4. The summed E-state index contributed by atoms with van der Waals surface area (Å²) < 4.78 is 14.9. The molecular weight excluding hydrogens is 382 g/mol. The van der Waals surface area contributed by atoms with Crippen LogP contribution in [0, 0.1) is 6.92 Å². The third-order valence-electron chi connectivity index (χ3n) is 5.31. The summed E-state index contributed by atoms with van der Waals surface area (Å²) >= 11 is 0. The van der Waals surface area contributed by atoms with Crippen molar-refractivity contribution < 1.29 is 14.6 Å². The Balaban J connectivity index is 1.51. The number of aromatic nitrogens is 3. The van der Waals surface area contributed by atoms with Crippen molar-refractivity contribution in [3.63, 3.8) is 0 Å². The predicted molar refractivity (Wildman–Crippen MR) is 112 cm³/mol. The van der Waals surface area contributed by atoms with Crippen molar-refractivity contribution in [3.8, 4) is 22.8 Å². The van der Waals surface area contributed by atoms with Crippen LogP contribution in [0.5, 0.6) is 11.5 Å². The number of hydrogen-bond acceptors (Lipinski definition) is 5. The number of para-hydroxylation sites is 2. The summed E-state index contributed by atoms with van der Waals surface area (Å²) in [5.41, 5.74) is 3.26. The second kappa shape index (κ2) is 7.35. The Labute approximate surface area is 172 Å². The molecule has 152 valence electrons. The number of hydrogen-bond donors (Lipinski definition) is 1. The van der Waals surface area contributed by atoms with Crippen molar-refractivity contribution in [1.29, 1.82) is 0 Å². The number of aliphatic hydroxyl groups is 1. The molecule has 2 aromatic carbocycles. The Hall–Kier alpha value is -3.58. The van der Waals surface area contributed by atoms with Gasteiger partial charge in [0.1, 0.15) is 12.1 Å². The molecule has 0 aliphatic carbocycles. The molecule has 0 saturated carbocycles. The highest BCUT2D eigenvalue weighted by atomic mass is 16.6. The van der Waals surface area contributed by atoms with Crippen molar-refractivity contribution in [2.24, 2.45) is 0 Å². The summed E-state index contributed by atoms with van der Waals surface area (Å²) in [5.74, 6) is 1.38. The molecule has 2 aromatic heterocycles. The van der Waals surface area contributed by atoms with Gasteiger partial charge in [-0.25, -0.2) is 4.52 Å². The molecule has 0 radical (unpaired) electrons. The molecule has 0 fully saturated rings. The first kappa shape index (κ1) is 18.4. The van der Waals surface area contributed by atoms with Crippen molar-refractivity contribution in [2.45, 2.75) is 26.2 Å². The summed E-state index contributed by atoms with van der Waals surface area (Å²) in [5, 5.41) is 14.6. The predicted octanol–water partition coefficient (Wildman–Crippen LogP) is 2.80. The second-order valence-electron chi connectivity index (χ2n) is 7.40. The van der Waals surface area contributed by atoms with Gasteiger partial charge in [0.25, 0.3) is 5.56 Å². The standard InChI is InChI=1S/C23H21N3O4/c1-15-6-8-16(9-7-15)21-18(13-27)22-23(28)25(10-11-26(22)24-21)12-17-14-29-19-4-2-3-5-20(19)30-17/h2-11,17,27H,12-14H2,1H3/t17-/m1/s1. The van der Waals surface area contributed by atoms with Crippen molar-refractivity contribution in [3.05, 3.63) is 82.4 Å². The van der Waals surface area contributed by atoms with Gasteiger partial charge < -0.3 is 19.1 Å². The lowest BCUT2D eigenvalue weighted by atomic mass is 10.1. The third-order valence-corrected chi connectivity index (χ3v) is 5.31. The largest absolute Gasteiger partial charge is 0.486 e. The molecule has 1 aliphatic rings. The first-order chi connectivity index (χ1) is 14.6. The molecule has 1 N–H and O–H groups in total. The summed E-state index contributed by atoms with van der Waals surface area (Å²) in [4.78, 5) is 13.2. The van der Waals surface area contributed by atoms with Gasteiger partial charge >= 0.3 is 0 Å². The maximum absolute atomic E-state index is 13.2. The molecule has 0 spiro atoms. The third kappa shape index (κ3) is 3.13. The van der Waals surface area contributed by atoms with Crippen LogP contribution in [0.3, 0.4) is 0 Å². The molecule has 5 rings (SSSR count). The Morgan fingerprint density at radius 1 is 1.10 bits per heavy atom. The highest BCUT2D eigenvalue weighted by Crippen LogP contribution is 2.31. The van der Waals surface area contributed by atoms with Crippen molar-refractivity contribution in [1.82, 2.24) is 14.2 Å². The van der Waals surface area contributed by atoms with Gasteiger partial charge in [-0.15, -0.1) is 0 Å². The molecule has 0 unspecified atom stereocenters. The average Bonchev–Trinajstić information content (AvgIpc) is 3.15. The number of aryl methyl sites for hydroxylation is 1. The molecule has 7 nitrogen and oxygen atoms in total. The Kier molecular flexibility index (Phi) is 4.52. The van der Waals surface area contributed by atoms with E-state index in [4.69, 9.17) is 9.47 Å². The van der Waals surface area contributed by atoms with Gasteiger partial charge in [-0.05, 0) is 19.1 Å². The van der Waals surface area contributed by atoms with Crippen LogP contribution in [-0.2, 0) is 13.2 Å². The van der Waals surface area contributed by atoms with Crippen LogP contribution >= 0.6 is 0 Å². The minimum atomic E-state index is -0.294. The zero-order valence-electron chi connectivity index (χ0n) is 16.5. The Morgan fingerprint density at radius 2 is 1.87 bits per heavy atom. The number of aliphatic hydroxyl groups excluding tert-OH is 1. The lowest BCUT2D eigenvalue weighted by Gasteiger charge is -2.26. The fourth-order valence-electron chi connectivity index (χ4n) is 3.76. The monoisotopic (exact) mass is 403 g/mol. The molecule has 3 heterocycles. The quantitative estimate of drug-likeness (QED) is 0.567. The van der Waals surface area contributed by atoms with Crippen LogP contribution in [0.1, 0.15) is 11.1 Å². The van der Waals surface area contributed by atoms with Gasteiger partial charge in [-0.1, -0.05) is 42.0 Å². The molecule has 4 aromatic rings. The van der Waals surface area contributed by atoms with Gasteiger partial charge in [0.2, 0.25) is 0 Å². The lowest BCUT2D eigenvalue weighted by Crippen LogP contribution is -2.36. The molecule has 0 amide bonds. The first-order valence-electron chi connectivity index (χ1n) is 9.81. The van der Waals surface area contributed by atoms with Crippen molar-refractivity contribution >= 4 is 5.52 Å². The van der Waals surface area contributed by atoms with E-state index in [9.17, 15) is 9.90 Å². The molecular formula is C23H21N3O4. The molecule has 0 saturated heterocycles. The molecule has 7 heteroatoms. The zero-order chi connectivity index (χ0) is 20.7. The Morgan fingerprint density at radius 3 is 2.63 bits per heavy atom. The molecule has 0 bridgehead atoms. The van der Waals surface area contributed by atoms with Crippen LogP contribution < -0.4 is 15.0 Å². The van der Waals surface area contributed by atoms with E-state index in [2.05, 4.69) is 5.10 Å². The van der Waals surface area contributed by atoms with E-state index < -0.39 is 0 Å². The van der Waals surface area contributed by atoms with E-state index in [1.54, 1.807) is 17.0 Å². The lowest BCUT2D eigenvalue weighted by molar-refractivity contribution is 0.0778. The minimum Gasteiger partial charge on any atom is -0.486 e.